The molecule has 0 fully saturated rings. The molecule has 8 heteroatoms. The van der Waals surface area contributed by atoms with Gasteiger partial charge < -0.3 is 0 Å². The van der Waals surface area contributed by atoms with E-state index in [4.69, 9.17) is 0 Å². The molecule has 0 aliphatic rings. The van der Waals surface area contributed by atoms with Crippen molar-refractivity contribution in [3.63, 3.8) is 0 Å². The number of hydrogen-bond donors (Lipinski definition) is 1. The van der Waals surface area contributed by atoms with Gasteiger partial charge in [-0.15, -0.1) is 5.10 Å². The molecule has 7 nitrogen and oxygen atoms in total. The van der Waals surface area contributed by atoms with Gasteiger partial charge in [0.25, 0.3) is 0 Å². The summed E-state index contributed by atoms with van der Waals surface area (Å²) in [5, 5.41) is 5.42. The lowest BCUT2D eigenvalue weighted by Gasteiger charge is -2.02. The molecule has 0 unspecified atom stereocenters. The molecule has 27 heavy (non-hydrogen) atoms. The largest absolute Gasteiger partial charge is 0.345 e. The first-order chi connectivity index (χ1) is 13.0. The Morgan fingerprint density at radius 1 is 1.04 bits per heavy atom. The van der Waals surface area contributed by atoms with Gasteiger partial charge in [-0.3, -0.25) is 4.57 Å². The second kappa shape index (κ2) is 8.15. The number of sulfonamides is 1. The highest BCUT2D eigenvalue weighted by Gasteiger charge is 2.12. The SMILES string of the molecule is Cn1c(-c2ccccc2)nn(CCNS(=O)(=O)/C=C/c2ccccc2)c1=O. The van der Waals surface area contributed by atoms with E-state index < -0.39 is 10.0 Å². The number of aromatic nitrogens is 3. The molecule has 0 atom stereocenters. The number of benzene rings is 2. The van der Waals surface area contributed by atoms with Gasteiger partial charge in [0.05, 0.1) is 6.54 Å². The van der Waals surface area contributed by atoms with E-state index in [1.165, 1.54) is 15.3 Å². The molecule has 0 bridgehead atoms. The van der Waals surface area contributed by atoms with E-state index in [-0.39, 0.29) is 18.8 Å². The smallest absolute Gasteiger partial charge is 0.278 e. The van der Waals surface area contributed by atoms with Crippen LogP contribution >= 0.6 is 0 Å². The molecule has 2 aromatic carbocycles. The third kappa shape index (κ3) is 4.81. The van der Waals surface area contributed by atoms with Crippen LogP contribution in [0.4, 0.5) is 0 Å². The van der Waals surface area contributed by atoms with Gasteiger partial charge in [0.15, 0.2) is 5.82 Å². The van der Waals surface area contributed by atoms with Crippen molar-refractivity contribution in [3.05, 3.63) is 82.1 Å². The highest BCUT2D eigenvalue weighted by atomic mass is 32.2. The van der Waals surface area contributed by atoms with Crippen LogP contribution in [0.5, 0.6) is 0 Å². The Kier molecular flexibility index (Phi) is 5.68. The van der Waals surface area contributed by atoms with Crippen molar-refractivity contribution in [2.24, 2.45) is 7.05 Å². The van der Waals surface area contributed by atoms with E-state index in [1.54, 1.807) is 7.05 Å². The normalized spacial score (nSPS) is 11.9. The van der Waals surface area contributed by atoms with Gasteiger partial charge in [-0.05, 0) is 11.6 Å². The second-order valence-corrected chi connectivity index (χ2v) is 7.56. The lowest BCUT2D eigenvalue weighted by molar-refractivity contribution is 0.556. The van der Waals surface area contributed by atoms with Crippen molar-refractivity contribution in [3.8, 4) is 11.4 Å². The summed E-state index contributed by atoms with van der Waals surface area (Å²) in [5.74, 6) is 0.535. The Hall–Kier alpha value is -2.97. The van der Waals surface area contributed by atoms with Gasteiger partial charge in [-0.25, -0.2) is 22.6 Å². The van der Waals surface area contributed by atoms with Crippen LogP contribution in [-0.4, -0.2) is 29.3 Å². The molecule has 0 saturated heterocycles. The summed E-state index contributed by atoms with van der Waals surface area (Å²) in [6.45, 7) is 0.199. The molecule has 3 rings (SSSR count). The molecule has 0 spiro atoms. The minimum absolute atomic E-state index is 0.0621. The number of nitrogens with zero attached hydrogens (tertiary/aromatic N) is 3. The highest BCUT2D eigenvalue weighted by molar-refractivity contribution is 7.92. The molecule has 0 radical (unpaired) electrons. The first-order valence-corrected chi connectivity index (χ1v) is 9.93. The zero-order valence-corrected chi connectivity index (χ0v) is 15.6. The van der Waals surface area contributed by atoms with Crippen LogP contribution in [0.3, 0.4) is 0 Å². The Morgan fingerprint density at radius 2 is 1.67 bits per heavy atom. The van der Waals surface area contributed by atoms with E-state index in [9.17, 15) is 13.2 Å². The van der Waals surface area contributed by atoms with E-state index in [1.807, 2.05) is 60.7 Å². The van der Waals surface area contributed by atoms with E-state index in [0.717, 1.165) is 16.5 Å². The molecule has 1 aromatic heterocycles. The molecule has 0 aliphatic heterocycles. The fourth-order valence-corrected chi connectivity index (χ4v) is 3.35. The molecule has 0 amide bonds. The minimum Gasteiger partial charge on any atom is -0.278 e. The molecule has 0 saturated carbocycles. The number of hydrogen-bond acceptors (Lipinski definition) is 4. The minimum atomic E-state index is -3.60. The van der Waals surface area contributed by atoms with Crippen molar-refractivity contribution in [1.82, 2.24) is 19.1 Å². The lowest BCUT2D eigenvalue weighted by Crippen LogP contribution is -2.30. The monoisotopic (exact) mass is 384 g/mol. The fraction of sp³-hybridized carbons (Fsp3) is 0.158. The van der Waals surface area contributed by atoms with Crippen molar-refractivity contribution in [1.29, 1.82) is 0 Å². The van der Waals surface area contributed by atoms with Crippen LogP contribution in [0.2, 0.25) is 0 Å². The number of rotatable bonds is 7. The van der Waals surface area contributed by atoms with Crippen molar-refractivity contribution < 1.29 is 8.42 Å². The summed E-state index contributed by atoms with van der Waals surface area (Å²) >= 11 is 0. The third-order valence-electron chi connectivity index (χ3n) is 3.94. The van der Waals surface area contributed by atoms with Crippen LogP contribution in [0.25, 0.3) is 17.5 Å². The van der Waals surface area contributed by atoms with Crippen LogP contribution in [-0.2, 0) is 23.6 Å². The van der Waals surface area contributed by atoms with Crippen LogP contribution < -0.4 is 10.4 Å². The molecular weight excluding hydrogens is 364 g/mol. The molecule has 1 N–H and O–H groups in total. The van der Waals surface area contributed by atoms with E-state index in [2.05, 4.69) is 9.82 Å². The van der Waals surface area contributed by atoms with Gasteiger partial charge in [0, 0.05) is 24.6 Å². The van der Waals surface area contributed by atoms with Crippen molar-refractivity contribution in [2.45, 2.75) is 6.54 Å². The zero-order chi connectivity index (χ0) is 19.3. The topological polar surface area (TPSA) is 86.0 Å². The maximum Gasteiger partial charge on any atom is 0.345 e. The first kappa shape index (κ1) is 18.8. The summed E-state index contributed by atoms with van der Waals surface area (Å²) in [5.41, 5.74) is 1.31. The predicted molar refractivity (Wildman–Crippen MR) is 105 cm³/mol. The maximum absolute atomic E-state index is 12.3. The molecule has 140 valence electrons. The van der Waals surface area contributed by atoms with Crippen molar-refractivity contribution in [2.75, 3.05) is 6.54 Å². The number of nitrogens with one attached hydrogen (secondary N) is 1. The average Bonchev–Trinajstić information content (AvgIpc) is 2.96. The van der Waals surface area contributed by atoms with Crippen LogP contribution in [0.1, 0.15) is 5.56 Å². The van der Waals surface area contributed by atoms with Gasteiger partial charge in [-0.1, -0.05) is 60.7 Å². The van der Waals surface area contributed by atoms with E-state index in [0.29, 0.717) is 5.82 Å². The fourth-order valence-electron chi connectivity index (χ4n) is 2.55. The zero-order valence-electron chi connectivity index (χ0n) is 14.8. The summed E-state index contributed by atoms with van der Waals surface area (Å²) in [7, 11) is -1.96. The van der Waals surface area contributed by atoms with Crippen LogP contribution in [0.15, 0.2) is 70.9 Å². The molecule has 3 aromatic rings. The predicted octanol–water partition coefficient (Wildman–Crippen LogP) is 1.84. The Bertz CT molecular complexity index is 1080. The summed E-state index contributed by atoms with van der Waals surface area (Å²) in [6.07, 6.45) is 1.52. The lowest BCUT2D eigenvalue weighted by atomic mass is 10.2. The molecular formula is C19H20N4O3S. The van der Waals surface area contributed by atoms with Crippen molar-refractivity contribution >= 4 is 16.1 Å². The van der Waals surface area contributed by atoms with Crippen LogP contribution in [0, 0.1) is 0 Å². The second-order valence-electron chi connectivity index (χ2n) is 5.91. The first-order valence-electron chi connectivity index (χ1n) is 8.38. The van der Waals surface area contributed by atoms with Gasteiger partial charge in [-0.2, -0.15) is 0 Å². The Labute approximate surface area is 157 Å². The maximum atomic E-state index is 12.3. The van der Waals surface area contributed by atoms with E-state index >= 15 is 0 Å². The average molecular weight is 384 g/mol. The summed E-state index contributed by atoms with van der Waals surface area (Å²) < 4.78 is 29.3. The van der Waals surface area contributed by atoms with Gasteiger partial charge >= 0.3 is 5.69 Å². The van der Waals surface area contributed by atoms with Gasteiger partial charge in [0.2, 0.25) is 10.0 Å². The summed E-state index contributed by atoms with van der Waals surface area (Å²) in [6, 6.07) is 18.5. The summed E-state index contributed by atoms with van der Waals surface area (Å²) in [4.78, 5) is 12.3. The molecule has 1 heterocycles. The quantitative estimate of drug-likeness (QED) is 0.673. The Balaban J connectivity index is 1.65. The molecule has 0 aliphatic carbocycles. The van der Waals surface area contributed by atoms with Gasteiger partial charge in [0.1, 0.15) is 0 Å². The third-order valence-corrected chi connectivity index (χ3v) is 5.04. The highest BCUT2D eigenvalue weighted by Crippen LogP contribution is 2.13. The Morgan fingerprint density at radius 3 is 2.33 bits per heavy atom. The standard InChI is InChI=1S/C19H20N4O3S/c1-22-18(17-10-6-3-7-11-17)21-23(19(22)24)14-13-20-27(25,26)15-12-16-8-4-2-5-9-16/h2-12,15,20H,13-14H2,1H3/b15-12+.